The van der Waals surface area contributed by atoms with Crippen LogP contribution in [0.25, 0.3) is 0 Å². The maximum atomic E-state index is 12.6. The second-order valence-electron chi connectivity index (χ2n) is 6.46. The molecule has 1 amide bonds. The van der Waals surface area contributed by atoms with Gasteiger partial charge in [-0.3, -0.25) is 4.79 Å². The minimum Gasteiger partial charge on any atom is -0.424 e. The highest BCUT2D eigenvalue weighted by molar-refractivity contribution is 6.04. The average molecular weight is 362 g/mol. The lowest BCUT2D eigenvalue weighted by molar-refractivity contribution is 0.102. The molecule has 3 rings (SSSR count). The summed E-state index contributed by atoms with van der Waals surface area (Å²) in [5.74, 6) is 0.373. The molecule has 0 radical (unpaired) electrons. The zero-order valence-electron chi connectivity index (χ0n) is 15.9. The Kier molecular flexibility index (Phi) is 5.35. The predicted octanol–water partition coefficient (Wildman–Crippen LogP) is 4.20. The Balaban J connectivity index is 1.75. The number of carbonyl (C=O) groups excluding carboxylic acids is 1. The molecule has 0 bridgehead atoms. The van der Waals surface area contributed by atoms with Crippen LogP contribution in [0, 0.1) is 13.8 Å². The van der Waals surface area contributed by atoms with Crippen molar-refractivity contribution in [1.82, 2.24) is 9.97 Å². The number of benzene rings is 2. The summed E-state index contributed by atoms with van der Waals surface area (Å²) < 4.78 is 5.74. The number of carbonyl (C=O) groups is 1. The van der Waals surface area contributed by atoms with Crippen molar-refractivity contribution in [2.75, 3.05) is 24.3 Å². The van der Waals surface area contributed by atoms with Crippen LogP contribution in [0.2, 0.25) is 0 Å². The van der Waals surface area contributed by atoms with E-state index >= 15 is 0 Å². The summed E-state index contributed by atoms with van der Waals surface area (Å²) in [6, 6.07) is 16.8. The quantitative estimate of drug-likeness (QED) is 0.737. The molecule has 1 aromatic heterocycles. The number of nitrogens with zero attached hydrogens (tertiary/aromatic N) is 3. The van der Waals surface area contributed by atoms with Crippen molar-refractivity contribution in [3.8, 4) is 11.8 Å². The van der Waals surface area contributed by atoms with Gasteiger partial charge >= 0.3 is 6.01 Å². The maximum Gasteiger partial charge on any atom is 0.322 e. The van der Waals surface area contributed by atoms with Gasteiger partial charge in [0.1, 0.15) is 5.75 Å². The molecule has 3 aromatic rings. The van der Waals surface area contributed by atoms with E-state index in [0.29, 0.717) is 17.0 Å². The minimum absolute atomic E-state index is 0.182. The summed E-state index contributed by atoms with van der Waals surface area (Å²) in [7, 11) is 3.87. The first-order valence-electron chi connectivity index (χ1n) is 8.59. The van der Waals surface area contributed by atoms with Crippen molar-refractivity contribution in [2.24, 2.45) is 0 Å². The maximum absolute atomic E-state index is 12.6. The molecule has 0 aliphatic carbocycles. The number of rotatable bonds is 5. The molecular formula is C21H22N4O2. The highest BCUT2D eigenvalue weighted by Crippen LogP contribution is 2.23. The van der Waals surface area contributed by atoms with Gasteiger partial charge in [0.15, 0.2) is 0 Å². The van der Waals surface area contributed by atoms with E-state index in [1.165, 1.54) is 0 Å². The van der Waals surface area contributed by atoms with Gasteiger partial charge in [0.2, 0.25) is 0 Å². The van der Waals surface area contributed by atoms with Crippen molar-refractivity contribution in [3.05, 3.63) is 71.5 Å². The monoisotopic (exact) mass is 362 g/mol. The van der Waals surface area contributed by atoms with E-state index in [9.17, 15) is 4.79 Å². The van der Waals surface area contributed by atoms with E-state index in [4.69, 9.17) is 4.74 Å². The number of anilines is 2. The molecule has 0 aliphatic rings. The molecule has 6 heteroatoms. The van der Waals surface area contributed by atoms with E-state index in [-0.39, 0.29) is 11.9 Å². The predicted molar refractivity (Wildman–Crippen MR) is 107 cm³/mol. The van der Waals surface area contributed by atoms with E-state index in [1.54, 1.807) is 18.2 Å². The third kappa shape index (κ3) is 4.82. The van der Waals surface area contributed by atoms with Crippen molar-refractivity contribution in [2.45, 2.75) is 13.8 Å². The Labute approximate surface area is 158 Å². The lowest BCUT2D eigenvalue weighted by Crippen LogP contribution is -2.14. The average Bonchev–Trinajstić information content (AvgIpc) is 2.61. The molecule has 0 unspecified atom stereocenters. The van der Waals surface area contributed by atoms with Gasteiger partial charge in [0, 0.05) is 48.5 Å². The Morgan fingerprint density at radius 3 is 2.37 bits per heavy atom. The molecule has 0 saturated heterocycles. The molecule has 0 aliphatic heterocycles. The van der Waals surface area contributed by atoms with Gasteiger partial charge in [0.25, 0.3) is 5.91 Å². The summed E-state index contributed by atoms with van der Waals surface area (Å²) in [6.07, 6.45) is 0. The second kappa shape index (κ2) is 7.86. The van der Waals surface area contributed by atoms with Gasteiger partial charge in [-0.1, -0.05) is 12.1 Å². The Hall–Kier alpha value is -3.41. The smallest absolute Gasteiger partial charge is 0.322 e. The van der Waals surface area contributed by atoms with Gasteiger partial charge in [-0.25, -0.2) is 9.97 Å². The largest absolute Gasteiger partial charge is 0.424 e. The van der Waals surface area contributed by atoms with Gasteiger partial charge in [-0.05, 0) is 50.2 Å². The fourth-order valence-electron chi connectivity index (χ4n) is 2.61. The van der Waals surface area contributed by atoms with Crippen molar-refractivity contribution in [3.63, 3.8) is 0 Å². The number of amides is 1. The number of aryl methyl sites for hydroxylation is 2. The molecule has 1 N–H and O–H groups in total. The van der Waals surface area contributed by atoms with Crippen LogP contribution in [0.4, 0.5) is 11.4 Å². The normalized spacial score (nSPS) is 10.4. The molecule has 2 aromatic carbocycles. The van der Waals surface area contributed by atoms with Crippen LogP contribution >= 0.6 is 0 Å². The van der Waals surface area contributed by atoms with E-state index in [2.05, 4.69) is 15.3 Å². The second-order valence-corrected chi connectivity index (χ2v) is 6.46. The lowest BCUT2D eigenvalue weighted by atomic mass is 10.1. The number of ether oxygens (including phenoxy) is 1. The van der Waals surface area contributed by atoms with Crippen LogP contribution in [-0.2, 0) is 0 Å². The number of aromatic nitrogens is 2. The third-order valence-corrected chi connectivity index (χ3v) is 3.89. The van der Waals surface area contributed by atoms with Crippen molar-refractivity contribution >= 4 is 17.3 Å². The minimum atomic E-state index is -0.182. The van der Waals surface area contributed by atoms with E-state index in [0.717, 1.165) is 17.1 Å². The molecule has 1 heterocycles. The third-order valence-electron chi connectivity index (χ3n) is 3.89. The van der Waals surface area contributed by atoms with Crippen molar-refractivity contribution in [1.29, 1.82) is 0 Å². The van der Waals surface area contributed by atoms with E-state index < -0.39 is 0 Å². The molecule has 27 heavy (non-hydrogen) atoms. The first kappa shape index (κ1) is 18.4. The van der Waals surface area contributed by atoms with Crippen LogP contribution in [0.3, 0.4) is 0 Å². The summed E-state index contributed by atoms with van der Waals surface area (Å²) in [6.45, 7) is 3.78. The van der Waals surface area contributed by atoms with Crippen LogP contribution in [0.15, 0.2) is 54.6 Å². The SMILES string of the molecule is Cc1cc(C)nc(Oc2cccc(NC(=O)c3cccc(N(C)C)c3)c2)n1. The summed E-state index contributed by atoms with van der Waals surface area (Å²) in [5.41, 5.74) is 3.86. The Morgan fingerprint density at radius 1 is 0.963 bits per heavy atom. The number of hydrogen-bond donors (Lipinski definition) is 1. The van der Waals surface area contributed by atoms with Crippen molar-refractivity contribution < 1.29 is 9.53 Å². The highest BCUT2D eigenvalue weighted by atomic mass is 16.5. The molecule has 0 fully saturated rings. The molecule has 138 valence electrons. The standard InChI is InChI=1S/C21H22N4O2/c1-14-11-15(2)23-21(22-14)27-19-10-6-8-17(13-19)24-20(26)16-7-5-9-18(12-16)25(3)4/h5-13H,1-4H3,(H,24,26). The van der Waals surface area contributed by atoms with E-state index in [1.807, 2.05) is 69.2 Å². The van der Waals surface area contributed by atoms with Crippen LogP contribution in [-0.4, -0.2) is 30.0 Å². The van der Waals surface area contributed by atoms with Gasteiger partial charge in [-0.2, -0.15) is 0 Å². The number of nitrogens with one attached hydrogen (secondary N) is 1. The molecule has 0 atom stereocenters. The van der Waals surface area contributed by atoms with Gasteiger partial charge in [-0.15, -0.1) is 0 Å². The fraction of sp³-hybridized carbons (Fsp3) is 0.190. The molecule has 0 saturated carbocycles. The number of hydrogen-bond acceptors (Lipinski definition) is 5. The fourth-order valence-corrected chi connectivity index (χ4v) is 2.61. The molecule has 6 nitrogen and oxygen atoms in total. The first-order chi connectivity index (χ1) is 12.9. The first-order valence-corrected chi connectivity index (χ1v) is 8.59. The highest BCUT2D eigenvalue weighted by Gasteiger charge is 2.09. The van der Waals surface area contributed by atoms with Crippen LogP contribution in [0.1, 0.15) is 21.7 Å². The summed E-state index contributed by atoms with van der Waals surface area (Å²) in [5, 5.41) is 2.90. The Bertz CT molecular complexity index is 950. The topological polar surface area (TPSA) is 67.3 Å². The van der Waals surface area contributed by atoms with Gasteiger partial charge < -0.3 is 15.0 Å². The van der Waals surface area contributed by atoms with Gasteiger partial charge in [0.05, 0.1) is 0 Å². The van der Waals surface area contributed by atoms with Crippen LogP contribution in [0.5, 0.6) is 11.8 Å². The summed E-state index contributed by atoms with van der Waals surface area (Å²) in [4.78, 5) is 23.0. The molecular weight excluding hydrogens is 340 g/mol. The summed E-state index contributed by atoms with van der Waals surface area (Å²) >= 11 is 0. The lowest BCUT2D eigenvalue weighted by Gasteiger charge is -2.13. The molecule has 0 spiro atoms. The van der Waals surface area contributed by atoms with Crippen LogP contribution < -0.4 is 15.0 Å². The zero-order valence-corrected chi connectivity index (χ0v) is 15.9. The zero-order chi connectivity index (χ0) is 19.4. The Morgan fingerprint density at radius 2 is 1.67 bits per heavy atom.